The van der Waals surface area contributed by atoms with Crippen LogP contribution < -0.4 is 0 Å². The van der Waals surface area contributed by atoms with Gasteiger partial charge in [0.25, 0.3) is 0 Å². The SMILES string of the molecule is [2H]C([2H])(CCCCCCCC)C([2H])([2H])CCCCCCOC[C@@H](O)COP(=O)(O)OCC[N+](C)(C)C. The third-order valence-corrected chi connectivity index (χ3v) is 5.86. The van der Waals surface area contributed by atoms with Crippen LogP contribution in [0.1, 0.15) is 102 Å². The van der Waals surface area contributed by atoms with E-state index in [0.29, 0.717) is 24.1 Å². The Balaban J connectivity index is 3.88. The second-order valence-corrected chi connectivity index (χ2v) is 10.8. The Morgan fingerprint density at radius 2 is 1.34 bits per heavy atom. The molecule has 0 saturated carbocycles. The molecule has 0 rings (SSSR count). The van der Waals surface area contributed by atoms with Crippen LogP contribution in [0.2, 0.25) is 0 Å². The molecule has 0 spiro atoms. The number of quaternary nitrogens is 1. The van der Waals surface area contributed by atoms with Crippen LogP contribution in [0.4, 0.5) is 0 Å². The van der Waals surface area contributed by atoms with E-state index in [2.05, 4.69) is 6.92 Å². The van der Waals surface area contributed by atoms with Crippen molar-refractivity contribution in [1.29, 1.82) is 0 Å². The molecule has 0 aliphatic carbocycles. The largest absolute Gasteiger partial charge is 0.472 e. The normalized spacial score (nSPS) is 17.8. The summed E-state index contributed by atoms with van der Waals surface area (Å²) in [5.41, 5.74) is 0. The number of phosphoric ester groups is 1. The van der Waals surface area contributed by atoms with Gasteiger partial charge in [-0.2, -0.15) is 0 Å². The van der Waals surface area contributed by atoms with Gasteiger partial charge in [0.1, 0.15) is 19.3 Å². The predicted octanol–water partition coefficient (Wildman–Crippen LogP) is 5.69. The van der Waals surface area contributed by atoms with Crippen molar-refractivity contribution in [3.05, 3.63) is 0 Å². The summed E-state index contributed by atoms with van der Waals surface area (Å²) in [6.45, 7) is 2.77. The summed E-state index contributed by atoms with van der Waals surface area (Å²) >= 11 is 0. The predicted molar refractivity (Wildman–Crippen MR) is 132 cm³/mol. The maximum Gasteiger partial charge on any atom is 0.472 e. The first-order valence-electron chi connectivity index (χ1n) is 14.3. The molecule has 7 nitrogen and oxygen atoms in total. The van der Waals surface area contributed by atoms with Gasteiger partial charge >= 0.3 is 7.82 Å². The van der Waals surface area contributed by atoms with Crippen molar-refractivity contribution >= 4 is 7.82 Å². The molecule has 0 radical (unpaired) electrons. The fraction of sp³-hybridized carbons (Fsp3) is 1.00. The van der Waals surface area contributed by atoms with E-state index in [1.165, 1.54) is 19.3 Å². The van der Waals surface area contributed by atoms with E-state index in [0.717, 1.165) is 38.5 Å². The smallest absolute Gasteiger partial charge is 0.388 e. The van der Waals surface area contributed by atoms with Crippen LogP contribution in [0, 0.1) is 0 Å². The first-order valence-corrected chi connectivity index (χ1v) is 13.8. The summed E-state index contributed by atoms with van der Waals surface area (Å²) in [6, 6.07) is 0. The molecular formula is C24H53NO6P+. The van der Waals surface area contributed by atoms with E-state index in [1.807, 2.05) is 21.1 Å². The van der Waals surface area contributed by atoms with E-state index >= 15 is 0 Å². The molecule has 2 atom stereocenters. The number of phosphoric acid groups is 1. The van der Waals surface area contributed by atoms with Crippen LogP contribution in [-0.4, -0.2) is 74.7 Å². The lowest BCUT2D eigenvalue weighted by atomic mass is 10.0. The average molecular weight is 487 g/mol. The van der Waals surface area contributed by atoms with Gasteiger partial charge in [0.2, 0.25) is 0 Å². The van der Waals surface area contributed by atoms with Crippen molar-refractivity contribution in [2.75, 3.05) is 54.1 Å². The Kier molecular flexibility index (Phi) is 16.0. The van der Waals surface area contributed by atoms with Gasteiger partial charge in [0, 0.05) is 12.1 Å². The van der Waals surface area contributed by atoms with Crippen LogP contribution in [0.15, 0.2) is 0 Å². The number of likely N-dealkylation sites (N-methyl/N-ethyl adjacent to an activating group) is 1. The zero-order valence-electron chi connectivity index (χ0n) is 25.0. The van der Waals surface area contributed by atoms with Crippen molar-refractivity contribution < 1.29 is 38.3 Å². The molecular weight excluding hydrogens is 429 g/mol. The summed E-state index contributed by atoms with van der Waals surface area (Å²) in [5, 5.41) is 9.87. The van der Waals surface area contributed by atoms with Crippen LogP contribution >= 0.6 is 7.82 Å². The van der Waals surface area contributed by atoms with Gasteiger partial charge < -0.3 is 19.2 Å². The molecule has 8 heteroatoms. The third-order valence-electron chi connectivity index (χ3n) is 4.88. The van der Waals surface area contributed by atoms with Crippen molar-refractivity contribution in [1.82, 2.24) is 0 Å². The number of aliphatic hydroxyl groups is 1. The first kappa shape index (κ1) is 25.1. The lowest BCUT2D eigenvalue weighted by Crippen LogP contribution is -2.37. The zero-order chi connectivity index (χ0) is 27.7. The Morgan fingerprint density at radius 3 is 1.91 bits per heavy atom. The second kappa shape index (κ2) is 20.4. The highest BCUT2D eigenvalue weighted by atomic mass is 31.2. The van der Waals surface area contributed by atoms with E-state index in [1.54, 1.807) is 0 Å². The molecule has 2 N–H and O–H groups in total. The molecule has 0 heterocycles. The van der Waals surface area contributed by atoms with Crippen molar-refractivity contribution in [2.24, 2.45) is 0 Å². The molecule has 0 aromatic rings. The number of ether oxygens (including phenoxy) is 1. The van der Waals surface area contributed by atoms with Gasteiger partial charge in [0.05, 0.1) is 34.4 Å². The molecule has 0 aromatic heterocycles. The van der Waals surface area contributed by atoms with E-state index < -0.39 is 26.7 Å². The van der Waals surface area contributed by atoms with Gasteiger partial charge in [-0.1, -0.05) is 90.3 Å². The topological polar surface area (TPSA) is 85.2 Å². The van der Waals surface area contributed by atoms with E-state index in [9.17, 15) is 14.6 Å². The molecule has 194 valence electrons. The van der Waals surface area contributed by atoms with Crippen LogP contribution in [0.5, 0.6) is 0 Å². The van der Waals surface area contributed by atoms with Crippen LogP contribution in [0.3, 0.4) is 0 Å². The number of nitrogens with zero attached hydrogens (tertiary/aromatic N) is 1. The highest BCUT2D eigenvalue weighted by Gasteiger charge is 2.24. The Bertz CT molecular complexity index is 608. The zero-order valence-corrected chi connectivity index (χ0v) is 21.9. The molecule has 0 amide bonds. The standard InChI is InChI=1S/C24H52NO6P/c1-5-6-7-8-9-10-11-12-13-14-15-16-17-18-20-29-22-24(26)23-31-32(27,28)30-21-19-25(2,3)4/h24,26H,5-23H2,1-4H3/p+1/t24-/m1/s1/i12D2,13D2. The second-order valence-electron chi connectivity index (χ2n) is 9.38. The average Bonchev–Trinajstić information content (AvgIpc) is 2.75. The number of aliphatic hydroxyl groups excluding tert-OH is 1. The fourth-order valence-electron chi connectivity index (χ4n) is 2.86. The third kappa shape index (κ3) is 24.6. The minimum atomic E-state index is -4.21. The summed E-state index contributed by atoms with van der Waals surface area (Å²) < 4.78 is 60.2. The molecule has 0 aliphatic rings. The fourth-order valence-corrected chi connectivity index (χ4v) is 3.60. The Hall–Kier alpha value is -0.0100. The summed E-state index contributed by atoms with van der Waals surface area (Å²) in [5.74, 6) is 0. The maximum atomic E-state index is 11.8. The molecule has 1 unspecified atom stereocenters. The Morgan fingerprint density at radius 1 is 0.812 bits per heavy atom. The monoisotopic (exact) mass is 486 g/mol. The van der Waals surface area contributed by atoms with Gasteiger partial charge in [-0.15, -0.1) is 0 Å². The highest BCUT2D eigenvalue weighted by Crippen LogP contribution is 2.43. The lowest BCUT2D eigenvalue weighted by molar-refractivity contribution is -0.870. The molecule has 0 bridgehead atoms. The van der Waals surface area contributed by atoms with Gasteiger partial charge in [-0.3, -0.25) is 9.05 Å². The number of hydrogen-bond donors (Lipinski definition) is 2. The van der Waals surface area contributed by atoms with Crippen molar-refractivity contribution in [2.45, 2.75) is 103 Å². The van der Waals surface area contributed by atoms with Gasteiger partial charge in [0.15, 0.2) is 0 Å². The minimum Gasteiger partial charge on any atom is -0.388 e. The molecule has 0 fully saturated rings. The maximum absolute atomic E-state index is 11.8. The summed E-state index contributed by atoms with van der Waals surface area (Å²) in [6.07, 6.45) is 5.02. The summed E-state index contributed by atoms with van der Waals surface area (Å²) in [4.78, 5) is 9.64. The molecule has 32 heavy (non-hydrogen) atoms. The number of unbranched alkanes of at least 4 members (excludes halogenated alkanes) is 8. The van der Waals surface area contributed by atoms with E-state index in [4.69, 9.17) is 19.3 Å². The quantitative estimate of drug-likeness (QED) is 0.104. The highest BCUT2D eigenvalue weighted by molar-refractivity contribution is 7.47. The van der Waals surface area contributed by atoms with Crippen LogP contribution in [-0.2, 0) is 18.3 Å². The molecule has 0 saturated heterocycles. The number of hydrogen-bond acceptors (Lipinski definition) is 5. The van der Waals surface area contributed by atoms with Crippen LogP contribution in [0.25, 0.3) is 0 Å². The molecule has 0 aromatic carbocycles. The van der Waals surface area contributed by atoms with E-state index in [-0.39, 0.29) is 32.7 Å². The first-order chi connectivity index (χ1) is 16.6. The summed E-state index contributed by atoms with van der Waals surface area (Å²) in [7, 11) is 1.59. The van der Waals surface area contributed by atoms with Crippen molar-refractivity contribution in [3.8, 4) is 0 Å². The minimum absolute atomic E-state index is 0.0277. The molecule has 0 aliphatic heterocycles. The van der Waals surface area contributed by atoms with Crippen molar-refractivity contribution in [3.63, 3.8) is 0 Å². The lowest BCUT2D eigenvalue weighted by Gasteiger charge is -2.24. The Labute approximate surface area is 203 Å². The van der Waals surface area contributed by atoms with Gasteiger partial charge in [-0.25, -0.2) is 4.57 Å². The van der Waals surface area contributed by atoms with Gasteiger partial charge in [-0.05, 0) is 6.42 Å². The number of rotatable bonds is 24.